The summed E-state index contributed by atoms with van der Waals surface area (Å²) >= 11 is 12.3. The van der Waals surface area contributed by atoms with Gasteiger partial charge in [0.05, 0.1) is 6.54 Å². The van der Waals surface area contributed by atoms with Crippen molar-refractivity contribution in [3.05, 3.63) is 33.8 Å². The molecule has 3 atom stereocenters. The largest absolute Gasteiger partial charge is 0.340 e. The topological polar surface area (TPSA) is 52.7 Å². The number of amides is 2. The molecule has 1 saturated carbocycles. The van der Waals surface area contributed by atoms with Crippen LogP contribution in [0.2, 0.25) is 10.0 Å². The molecular weight excluding hydrogens is 373 g/mol. The molecular formula is C19H23Cl2N3O2. The maximum absolute atomic E-state index is 13.0. The van der Waals surface area contributed by atoms with Crippen LogP contribution in [0.5, 0.6) is 0 Å². The third-order valence-corrected chi connectivity index (χ3v) is 6.31. The molecule has 140 valence electrons. The van der Waals surface area contributed by atoms with Gasteiger partial charge < -0.3 is 15.1 Å². The lowest BCUT2D eigenvalue weighted by atomic mass is 10.0. The van der Waals surface area contributed by atoms with Gasteiger partial charge in [0.15, 0.2) is 0 Å². The van der Waals surface area contributed by atoms with Crippen molar-refractivity contribution in [3.63, 3.8) is 0 Å². The van der Waals surface area contributed by atoms with E-state index in [1.54, 1.807) is 6.07 Å². The molecule has 4 rings (SSSR count). The van der Waals surface area contributed by atoms with Crippen LogP contribution in [-0.4, -0.2) is 60.4 Å². The Morgan fingerprint density at radius 2 is 2.08 bits per heavy atom. The van der Waals surface area contributed by atoms with Crippen LogP contribution in [-0.2, 0) is 9.59 Å². The lowest BCUT2D eigenvalue weighted by Crippen LogP contribution is -2.57. The SMILES string of the molecule is O=C(C1CC1c1ccc(Cl)cc1Cl)N1CCCC(N2CCNCC2=O)C1. The fourth-order valence-electron chi connectivity index (χ4n) is 4.26. The Kier molecular flexibility index (Phi) is 5.13. The van der Waals surface area contributed by atoms with Crippen molar-refractivity contribution in [2.45, 2.75) is 31.2 Å². The number of carbonyl (C=O) groups is 2. The second-order valence-corrected chi connectivity index (χ2v) is 8.30. The summed E-state index contributed by atoms with van der Waals surface area (Å²) in [5, 5.41) is 4.36. The fraction of sp³-hybridized carbons (Fsp3) is 0.579. The molecule has 5 nitrogen and oxygen atoms in total. The second-order valence-electron chi connectivity index (χ2n) is 7.46. The number of hydrogen-bond donors (Lipinski definition) is 1. The van der Waals surface area contributed by atoms with Gasteiger partial charge in [0.25, 0.3) is 0 Å². The standard InChI is InChI=1S/C19H23Cl2N3O2/c20-12-3-4-14(17(21)8-12)15-9-16(15)19(26)23-6-1-2-13(11-23)24-7-5-22-10-18(24)25/h3-4,8,13,15-16,22H,1-2,5-7,9-11H2. The van der Waals surface area contributed by atoms with Gasteiger partial charge in [-0.05, 0) is 42.9 Å². The fourth-order valence-corrected chi connectivity index (χ4v) is 4.81. The molecule has 2 amide bonds. The maximum atomic E-state index is 13.0. The summed E-state index contributed by atoms with van der Waals surface area (Å²) in [6, 6.07) is 5.65. The third-order valence-electron chi connectivity index (χ3n) is 5.74. The Balaban J connectivity index is 1.40. The van der Waals surface area contributed by atoms with Crippen LogP contribution in [0.15, 0.2) is 18.2 Å². The van der Waals surface area contributed by atoms with Crippen LogP contribution < -0.4 is 5.32 Å². The minimum Gasteiger partial charge on any atom is -0.340 e. The quantitative estimate of drug-likeness (QED) is 0.855. The molecule has 2 aliphatic heterocycles. The van der Waals surface area contributed by atoms with Gasteiger partial charge in [0.2, 0.25) is 11.8 Å². The Morgan fingerprint density at radius 1 is 1.23 bits per heavy atom. The van der Waals surface area contributed by atoms with E-state index in [9.17, 15) is 9.59 Å². The van der Waals surface area contributed by atoms with Gasteiger partial charge in [-0.15, -0.1) is 0 Å². The van der Waals surface area contributed by atoms with Crippen molar-refractivity contribution in [2.24, 2.45) is 5.92 Å². The first-order valence-electron chi connectivity index (χ1n) is 9.28. The van der Waals surface area contributed by atoms with E-state index in [2.05, 4.69) is 5.32 Å². The highest BCUT2D eigenvalue weighted by Crippen LogP contribution is 2.51. The Hall–Kier alpha value is -1.30. The number of likely N-dealkylation sites (tertiary alicyclic amines) is 1. The van der Waals surface area contributed by atoms with E-state index < -0.39 is 0 Å². The first kappa shape index (κ1) is 18.1. The molecule has 2 saturated heterocycles. The molecule has 0 spiro atoms. The van der Waals surface area contributed by atoms with E-state index in [0.29, 0.717) is 23.1 Å². The van der Waals surface area contributed by atoms with Crippen molar-refractivity contribution in [1.82, 2.24) is 15.1 Å². The molecule has 3 aliphatic rings. The summed E-state index contributed by atoms with van der Waals surface area (Å²) in [4.78, 5) is 29.0. The number of halogens is 2. The summed E-state index contributed by atoms with van der Waals surface area (Å²) in [6.45, 7) is 3.41. The van der Waals surface area contributed by atoms with E-state index in [0.717, 1.165) is 44.5 Å². The molecule has 0 aromatic heterocycles. The lowest BCUT2D eigenvalue weighted by molar-refractivity contribution is -0.141. The van der Waals surface area contributed by atoms with Crippen molar-refractivity contribution in [3.8, 4) is 0 Å². The average Bonchev–Trinajstić information content (AvgIpc) is 3.42. The zero-order valence-corrected chi connectivity index (χ0v) is 16.1. The Bertz CT molecular complexity index is 727. The normalized spacial score (nSPS) is 29.0. The number of piperidine rings is 1. The van der Waals surface area contributed by atoms with Gasteiger partial charge in [-0.3, -0.25) is 9.59 Å². The third kappa shape index (κ3) is 3.57. The monoisotopic (exact) mass is 395 g/mol. The summed E-state index contributed by atoms with van der Waals surface area (Å²) in [7, 11) is 0. The smallest absolute Gasteiger partial charge is 0.236 e. The lowest BCUT2D eigenvalue weighted by Gasteiger charge is -2.41. The Labute approximate surface area is 163 Å². The van der Waals surface area contributed by atoms with E-state index in [1.165, 1.54) is 0 Å². The van der Waals surface area contributed by atoms with Crippen LogP contribution in [0.25, 0.3) is 0 Å². The second kappa shape index (κ2) is 7.37. The van der Waals surface area contributed by atoms with E-state index in [-0.39, 0.29) is 29.7 Å². The van der Waals surface area contributed by atoms with Crippen LogP contribution >= 0.6 is 23.2 Å². The van der Waals surface area contributed by atoms with Gasteiger partial charge in [0.1, 0.15) is 0 Å². The summed E-state index contributed by atoms with van der Waals surface area (Å²) in [5.41, 5.74) is 1.01. The van der Waals surface area contributed by atoms with Gasteiger partial charge in [-0.25, -0.2) is 0 Å². The summed E-state index contributed by atoms with van der Waals surface area (Å²) in [5.74, 6) is 0.542. The maximum Gasteiger partial charge on any atom is 0.236 e. The molecule has 26 heavy (non-hydrogen) atoms. The number of rotatable bonds is 3. The van der Waals surface area contributed by atoms with Crippen molar-refractivity contribution in [2.75, 3.05) is 32.7 Å². The predicted octanol–water partition coefficient (Wildman–Crippen LogP) is 2.52. The number of nitrogens with zero attached hydrogens (tertiary/aromatic N) is 2. The zero-order valence-electron chi connectivity index (χ0n) is 14.6. The highest BCUT2D eigenvalue weighted by Gasteiger charge is 2.47. The van der Waals surface area contributed by atoms with E-state index in [1.807, 2.05) is 21.9 Å². The number of benzene rings is 1. The molecule has 1 N–H and O–H groups in total. The number of hydrogen-bond acceptors (Lipinski definition) is 3. The van der Waals surface area contributed by atoms with Gasteiger partial charge in [-0.2, -0.15) is 0 Å². The van der Waals surface area contributed by atoms with Gasteiger partial charge >= 0.3 is 0 Å². The molecule has 0 radical (unpaired) electrons. The molecule has 3 unspecified atom stereocenters. The van der Waals surface area contributed by atoms with Gasteiger partial charge in [-0.1, -0.05) is 29.3 Å². The molecule has 1 aromatic rings. The first-order chi connectivity index (χ1) is 12.5. The summed E-state index contributed by atoms with van der Waals surface area (Å²) in [6.07, 6.45) is 2.77. The zero-order chi connectivity index (χ0) is 18.3. The van der Waals surface area contributed by atoms with Gasteiger partial charge in [0, 0.05) is 48.2 Å². The average molecular weight is 396 g/mol. The van der Waals surface area contributed by atoms with Crippen LogP contribution in [0.4, 0.5) is 0 Å². The predicted molar refractivity (Wildman–Crippen MR) is 101 cm³/mol. The first-order valence-corrected chi connectivity index (χ1v) is 10.0. The molecule has 3 fully saturated rings. The van der Waals surface area contributed by atoms with Crippen LogP contribution in [0, 0.1) is 5.92 Å². The Morgan fingerprint density at radius 3 is 2.85 bits per heavy atom. The molecule has 2 heterocycles. The number of piperazine rings is 1. The number of carbonyl (C=O) groups excluding carboxylic acids is 2. The number of nitrogens with one attached hydrogen (secondary N) is 1. The minimum absolute atomic E-state index is 0.00569. The van der Waals surface area contributed by atoms with Crippen molar-refractivity contribution >= 4 is 35.0 Å². The summed E-state index contributed by atoms with van der Waals surface area (Å²) < 4.78 is 0. The molecule has 1 aliphatic carbocycles. The molecule has 7 heteroatoms. The van der Waals surface area contributed by atoms with Crippen LogP contribution in [0.1, 0.15) is 30.7 Å². The van der Waals surface area contributed by atoms with E-state index in [4.69, 9.17) is 23.2 Å². The molecule has 0 bridgehead atoms. The minimum atomic E-state index is 0.00569. The van der Waals surface area contributed by atoms with Crippen molar-refractivity contribution in [1.29, 1.82) is 0 Å². The van der Waals surface area contributed by atoms with Crippen molar-refractivity contribution < 1.29 is 9.59 Å². The van der Waals surface area contributed by atoms with E-state index >= 15 is 0 Å². The van der Waals surface area contributed by atoms with Crippen LogP contribution in [0.3, 0.4) is 0 Å². The highest BCUT2D eigenvalue weighted by molar-refractivity contribution is 6.35. The molecule has 1 aromatic carbocycles. The highest BCUT2D eigenvalue weighted by atomic mass is 35.5.